The van der Waals surface area contributed by atoms with Crippen molar-refractivity contribution in [3.05, 3.63) is 78.1 Å². The highest BCUT2D eigenvalue weighted by Crippen LogP contribution is 2.19. The second-order valence-electron chi connectivity index (χ2n) is 5.58. The third-order valence-corrected chi connectivity index (χ3v) is 3.72. The van der Waals surface area contributed by atoms with Crippen LogP contribution in [0.5, 0.6) is 0 Å². The van der Waals surface area contributed by atoms with E-state index in [1.165, 1.54) is 24.3 Å². The molecule has 7 heteroatoms. The van der Waals surface area contributed by atoms with Crippen LogP contribution >= 0.6 is 0 Å². The Labute approximate surface area is 153 Å². The topological polar surface area (TPSA) is 84.5 Å². The number of amides is 3. The van der Waals surface area contributed by atoms with Crippen LogP contribution in [0.2, 0.25) is 0 Å². The Morgan fingerprint density at radius 1 is 0.889 bits per heavy atom. The third-order valence-electron chi connectivity index (χ3n) is 3.72. The molecule has 0 heterocycles. The first kappa shape index (κ1) is 18.1. The van der Waals surface area contributed by atoms with Crippen LogP contribution in [0.1, 0.15) is 10.4 Å². The molecule has 2 N–H and O–H groups in total. The number of anilines is 1. The van der Waals surface area contributed by atoms with Gasteiger partial charge in [-0.15, -0.1) is 0 Å². The number of hydrogen-bond acceptors (Lipinski definition) is 4. The molecule has 0 radical (unpaired) electrons. The van der Waals surface area contributed by atoms with Crippen LogP contribution in [0.4, 0.5) is 14.9 Å². The zero-order valence-corrected chi connectivity index (χ0v) is 14.1. The molecule has 0 aromatic heterocycles. The van der Waals surface area contributed by atoms with Gasteiger partial charge in [0.25, 0.3) is 5.91 Å². The number of ether oxygens (including phenoxy) is 1. The van der Waals surface area contributed by atoms with Gasteiger partial charge in [-0.2, -0.15) is 0 Å². The molecular formula is C20H15FN2O4. The Bertz CT molecular complexity index is 1010. The molecule has 0 fully saturated rings. The van der Waals surface area contributed by atoms with Gasteiger partial charge in [0.2, 0.25) is 0 Å². The maximum absolute atomic E-state index is 13.5. The number of carbonyl (C=O) groups excluding carboxylic acids is 3. The number of nitrogens with one attached hydrogen (secondary N) is 2. The monoisotopic (exact) mass is 366 g/mol. The molecule has 0 saturated carbocycles. The summed E-state index contributed by atoms with van der Waals surface area (Å²) in [6, 6.07) is 17.0. The number of rotatable bonds is 4. The molecule has 0 atom stereocenters. The number of hydrogen-bond donors (Lipinski definition) is 2. The summed E-state index contributed by atoms with van der Waals surface area (Å²) in [7, 11) is 0. The Kier molecular flexibility index (Phi) is 5.41. The molecule has 0 aliphatic rings. The van der Waals surface area contributed by atoms with Crippen LogP contribution in [0.25, 0.3) is 10.8 Å². The highest BCUT2D eigenvalue weighted by molar-refractivity contribution is 6.06. The van der Waals surface area contributed by atoms with Gasteiger partial charge in [-0.25, -0.2) is 14.0 Å². The lowest BCUT2D eigenvalue weighted by Gasteiger charge is -2.09. The summed E-state index contributed by atoms with van der Waals surface area (Å²) in [4.78, 5) is 35.7. The smallest absolute Gasteiger partial charge is 0.339 e. The fraction of sp³-hybridized carbons (Fsp3) is 0.0500. The number of para-hydroxylation sites is 1. The molecule has 0 aliphatic heterocycles. The van der Waals surface area contributed by atoms with Crippen molar-refractivity contribution < 1.29 is 23.5 Å². The minimum Gasteiger partial charge on any atom is -0.452 e. The van der Waals surface area contributed by atoms with Gasteiger partial charge < -0.3 is 10.1 Å². The van der Waals surface area contributed by atoms with Crippen molar-refractivity contribution >= 4 is 34.4 Å². The SMILES string of the molecule is O=C(COC(=O)c1cccc2ccccc12)NC(=O)Nc1ccccc1F. The summed E-state index contributed by atoms with van der Waals surface area (Å²) in [5, 5.41) is 5.72. The highest BCUT2D eigenvalue weighted by Gasteiger charge is 2.15. The number of fused-ring (bicyclic) bond motifs is 1. The molecule has 3 aromatic carbocycles. The zero-order valence-electron chi connectivity index (χ0n) is 14.1. The minimum absolute atomic E-state index is 0.0736. The molecule has 3 aromatic rings. The number of imide groups is 1. The Balaban J connectivity index is 1.56. The van der Waals surface area contributed by atoms with Crippen LogP contribution in [0, 0.1) is 5.82 Å². The van der Waals surface area contributed by atoms with E-state index < -0.39 is 30.3 Å². The second-order valence-corrected chi connectivity index (χ2v) is 5.58. The van der Waals surface area contributed by atoms with Crippen molar-refractivity contribution in [3.8, 4) is 0 Å². The van der Waals surface area contributed by atoms with Gasteiger partial charge in [0.05, 0.1) is 11.3 Å². The van der Waals surface area contributed by atoms with Gasteiger partial charge in [-0.3, -0.25) is 10.1 Å². The molecule has 27 heavy (non-hydrogen) atoms. The van der Waals surface area contributed by atoms with E-state index in [-0.39, 0.29) is 5.69 Å². The van der Waals surface area contributed by atoms with Crippen molar-refractivity contribution in [2.24, 2.45) is 0 Å². The molecule has 0 aliphatic carbocycles. The maximum atomic E-state index is 13.5. The zero-order chi connectivity index (χ0) is 19.2. The first-order chi connectivity index (χ1) is 13.0. The summed E-state index contributed by atoms with van der Waals surface area (Å²) in [6.07, 6.45) is 0. The molecule has 0 spiro atoms. The Hall–Kier alpha value is -3.74. The fourth-order valence-electron chi connectivity index (χ4n) is 2.49. The molecule has 3 rings (SSSR count). The third kappa shape index (κ3) is 4.46. The lowest BCUT2D eigenvalue weighted by atomic mass is 10.1. The largest absolute Gasteiger partial charge is 0.452 e. The van der Waals surface area contributed by atoms with Crippen molar-refractivity contribution in [2.45, 2.75) is 0 Å². The van der Waals surface area contributed by atoms with Gasteiger partial charge in [-0.05, 0) is 29.0 Å². The average Bonchev–Trinajstić information content (AvgIpc) is 2.67. The highest BCUT2D eigenvalue weighted by atomic mass is 19.1. The van der Waals surface area contributed by atoms with E-state index in [2.05, 4.69) is 5.32 Å². The predicted octanol–water partition coefficient (Wildman–Crippen LogP) is 3.48. The average molecular weight is 366 g/mol. The van der Waals surface area contributed by atoms with Gasteiger partial charge in [0, 0.05) is 0 Å². The van der Waals surface area contributed by atoms with Crippen LogP contribution in [-0.2, 0) is 9.53 Å². The van der Waals surface area contributed by atoms with Crippen molar-refractivity contribution in [1.82, 2.24) is 5.32 Å². The predicted molar refractivity (Wildman–Crippen MR) is 97.8 cm³/mol. The van der Waals surface area contributed by atoms with E-state index in [9.17, 15) is 18.8 Å². The molecule has 0 unspecified atom stereocenters. The molecule has 136 valence electrons. The molecule has 0 bridgehead atoms. The molecule has 3 amide bonds. The van der Waals surface area contributed by atoms with Crippen LogP contribution in [-0.4, -0.2) is 24.5 Å². The molecule has 0 saturated heterocycles. The van der Waals surface area contributed by atoms with E-state index in [0.29, 0.717) is 10.9 Å². The first-order valence-corrected chi connectivity index (χ1v) is 8.05. The Morgan fingerprint density at radius 3 is 2.41 bits per heavy atom. The van der Waals surface area contributed by atoms with Crippen molar-refractivity contribution in [2.75, 3.05) is 11.9 Å². The van der Waals surface area contributed by atoms with E-state index in [1.807, 2.05) is 23.5 Å². The van der Waals surface area contributed by atoms with E-state index in [1.54, 1.807) is 24.3 Å². The van der Waals surface area contributed by atoms with Gasteiger partial charge in [-0.1, -0.05) is 48.5 Å². The quantitative estimate of drug-likeness (QED) is 0.693. The number of esters is 1. The van der Waals surface area contributed by atoms with Gasteiger partial charge in [0.1, 0.15) is 5.82 Å². The number of benzene rings is 3. The van der Waals surface area contributed by atoms with Gasteiger partial charge >= 0.3 is 12.0 Å². The van der Waals surface area contributed by atoms with Crippen LogP contribution < -0.4 is 10.6 Å². The normalized spacial score (nSPS) is 10.3. The van der Waals surface area contributed by atoms with Crippen LogP contribution in [0.3, 0.4) is 0 Å². The van der Waals surface area contributed by atoms with Crippen LogP contribution in [0.15, 0.2) is 66.7 Å². The number of halogens is 1. The number of carbonyl (C=O) groups is 3. The molecule has 6 nitrogen and oxygen atoms in total. The first-order valence-electron chi connectivity index (χ1n) is 8.05. The second kappa shape index (κ2) is 8.09. The van der Waals surface area contributed by atoms with E-state index >= 15 is 0 Å². The molecular weight excluding hydrogens is 351 g/mol. The summed E-state index contributed by atoms with van der Waals surface area (Å²) in [5.74, 6) is -2.16. The summed E-state index contributed by atoms with van der Waals surface area (Å²) < 4.78 is 18.4. The van der Waals surface area contributed by atoms with Gasteiger partial charge in [0.15, 0.2) is 6.61 Å². The maximum Gasteiger partial charge on any atom is 0.339 e. The van der Waals surface area contributed by atoms with Crippen molar-refractivity contribution in [1.29, 1.82) is 0 Å². The summed E-state index contributed by atoms with van der Waals surface area (Å²) in [6.45, 7) is -0.646. The van der Waals surface area contributed by atoms with E-state index in [0.717, 1.165) is 5.39 Å². The number of urea groups is 1. The minimum atomic E-state index is -0.925. The Morgan fingerprint density at radius 2 is 1.59 bits per heavy atom. The standard InChI is InChI=1S/C20H15FN2O4/c21-16-10-3-4-11-17(16)22-20(26)23-18(24)12-27-19(25)15-9-5-7-13-6-1-2-8-14(13)15/h1-11H,12H2,(H2,22,23,24,26). The lowest BCUT2D eigenvalue weighted by molar-refractivity contribution is -0.123. The lowest BCUT2D eigenvalue weighted by Crippen LogP contribution is -2.37. The fourth-order valence-corrected chi connectivity index (χ4v) is 2.49. The van der Waals surface area contributed by atoms with Crippen molar-refractivity contribution in [3.63, 3.8) is 0 Å². The summed E-state index contributed by atoms with van der Waals surface area (Å²) in [5.41, 5.74) is 0.243. The summed E-state index contributed by atoms with van der Waals surface area (Å²) >= 11 is 0. The van der Waals surface area contributed by atoms with E-state index in [4.69, 9.17) is 4.74 Å².